The highest BCUT2D eigenvalue weighted by Gasteiger charge is 2.32. The third-order valence-electron chi connectivity index (χ3n) is 4.26. The van der Waals surface area contributed by atoms with Gasteiger partial charge >= 0.3 is 0 Å². The highest BCUT2D eigenvalue weighted by molar-refractivity contribution is 9.11. The number of hydrogen-bond acceptors (Lipinski definition) is 3. The second-order valence-corrected chi connectivity index (χ2v) is 7.58. The molecule has 0 aromatic heterocycles. The quantitative estimate of drug-likeness (QED) is 0.805. The number of benzene rings is 1. The van der Waals surface area contributed by atoms with Crippen LogP contribution in [0, 0.1) is 5.92 Å². The van der Waals surface area contributed by atoms with E-state index in [-0.39, 0.29) is 0 Å². The molecule has 1 saturated heterocycles. The van der Waals surface area contributed by atoms with E-state index in [1.165, 1.54) is 12.8 Å². The molecule has 3 nitrogen and oxygen atoms in total. The van der Waals surface area contributed by atoms with Crippen LogP contribution in [0.5, 0.6) is 5.75 Å². The highest BCUT2D eigenvalue weighted by atomic mass is 79.9. The van der Waals surface area contributed by atoms with Crippen LogP contribution in [0.25, 0.3) is 0 Å². The fourth-order valence-electron chi connectivity index (χ4n) is 2.98. The molecule has 0 unspecified atom stereocenters. The van der Waals surface area contributed by atoms with Crippen molar-refractivity contribution in [2.45, 2.75) is 25.3 Å². The van der Waals surface area contributed by atoms with E-state index >= 15 is 0 Å². The van der Waals surface area contributed by atoms with Gasteiger partial charge < -0.3 is 10.4 Å². The Bertz CT molecular complexity index is 485. The van der Waals surface area contributed by atoms with Crippen molar-refractivity contribution < 1.29 is 5.11 Å². The molecule has 5 heteroatoms. The number of halogens is 2. The van der Waals surface area contributed by atoms with Gasteiger partial charge in [-0.05, 0) is 40.4 Å². The summed E-state index contributed by atoms with van der Waals surface area (Å²) in [5.74, 6) is 1.24. The van der Waals surface area contributed by atoms with E-state index in [1.54, 1.807) is 0 Å². The van der Waals surface area contributed by atoms with E-state index in [9.17, 15) is 5.11 Å². The Morgan fingerprint density at radius 2 is 1.95 bits per heavy atom. The zero-order valence-corrected chi connectivity index (χ0v) is 14.6. The third kappa shape index (κ3) is 3.38. The fraction of sp³-hybridized carbons (Fsp3) is 0.600. The van der Waals surface area contributed by atoms with Crippen LogP contribution < -0.4 is 5.32 Å². The van der Waals surface area contributed by atoms with E-state index in [0.29, 0.717) is 11.8 Å². The predicted molar refractivity (Wildman–Crippen MR) is 88.0 cm³/mol. The Labute approximate surface area is 137 Å². The van der Waals surface area contributed by atoms with Gasteiger partial charge in [-0.15, -0.1) is 0 Å². The van der Waals surface area contributed by atoms with Crippen LogP contribution in [-0.4, -0.2) is 36.2 Å². The first-order valence-electron chi connectivity index (χ1n) is 7.28. The molecule has 110 valence electrons. The summed E-state index contributed by atoms with van der Waals surface area (Å²) in [5, 5.41) is 13.9. The average Bonchev–Trinajstić information content (AvgIpc) is 3.25. The van der Waals surface area contributed by atoms with Gasteiger partial charge in [-0.2, -0.15) is 0 Å². The number of phenols is 1. The summed E-state index contributed by atoms with van der Waals surface area (Å²) in [4.78, 5) is 2.52. The standard InChI is InChI=1S/C15H20Br2N2O/c16-11-8-12(15(20)13(17)9-11)14(7-10-1-2-10)19-5-3-18-4-6-19/h8-10,14,18,20H,1-7H2/t14-/m0/s1. The van der Waals surface area contributed by atoms with Gasteiger partial charge in [0.25, 0.3) is 0 Å². The topological polar surface area (TPSA) is 35.5 Å². The van der Waals surface area contributed by atoms with E-state index < -0.39 is 0 Å². The largest absolute Gasteiger partial charge is 0.506 e. The summed E-state index contributed by atoms with van der Waals surface area (Å²) in [6.07, 6.45) is 3.85. The Hall–Kier alpha value is -0.100. The zero-order valence-electron chi connectivity index (χ0n) is 11.4. The van der Waals surface area contributed by atoms with E-state index in [2.05, 4.69) is 48.1 Å². The summed E-state index contributed by atoms with van der Waals surface area (Å²) in [6, 6.07) is 4.32. The van der Waals surface area contributed by atoms with Crippen LogP contribution in [0.2, 0.25) is 0 Å². The monoisotopic (exact) mass is 402 g/mol. The number of hydrogen-bond donors (Lipinski definition) is 2. The average molecular weight is 404 g/mol. The number of aromatic hydroxyl groups is 1. The van der Waals surface area contributed by atoms with Crippen molar-refractivity contribution in [2.75, 3.05) is 26.2 Å². The van der Waals surface area contributed by atoms with Crippen LogP contribution >= 0.6 is 31.9 Å². The van der Waals surface area contributed by atoms with Crippen molar-refractivity contribution in [2.24, 2.45) is 5.92 Å². The molecule has 20 heavy (non-hydrogen) atoms. The second-order valence-electron chi connectivity index (χ2n) is 5.81. The molecule has 1 aliphatic heterocycles. The summed E-state index contributed by atoms with van der Waals surface area (Å²) >= 11 is 7.01. The fourth-order valence-corrected chi connectivity index (χ4v) is 4.23. The highest BCUT2D eigenvalue weighted by Crippen LogP contribution is 2.44. The molecule has 0 bridgehead atoms. The number of nitrogens with zero attached hydrogens (tertiary/aromatic N) is 1. The van der Waals surface area contributed by atoms with Crippen molar-refractivity contribution in [1.29, 1.82) is 0 Å². The summed E-state index contributed by atoms with van der Waals surface area (Å²) < 4.78 is 1.80. The van der Waals surface area contributed by atoms with Gasteiger partial charge in [-0.25, -0.2) is 0 Å². The van der Waals surface area contributed by atoms with Crippen LogP contribution in [0.15, 0.2) is 21.1 Å². The Balaban J connectivity index is 1.90. The van der Waals surface area contributed by atoms with Gasteiger partial charge in [0, 0.05) is 42.3 Å². The molecule has 0 amide bonds. The minimum Gasteiger partial charge on any atom is -0.506 e. The summed E-state index contributed by atoms with van der Waals surface area (Å²) in [7, 11) is 0. The molecule has 3 rings (SSSR count). The van der Waals surface area contributed by atoms with Crippen molar-refractivity contribution in [3.63, 3.8) is 0 Å². The van der Waals surface area contributed by atoms with Crippen LogP contribution in [0.4, 0.5) is 0 Å². The molecule has 2 aliphatic rings. The molecular formula is C15H20Br2N2O. The van der Waals surface area contributed by atoms with Crippen molar-refractivity contribution in [3.8, 4) is 5.75 Å². The maximum atomic E-state index is 10.4. The van der Waals surface area contributed by atoms with Gasteiger partial charge in [0.2, 0.25) is 0 Å². The number of rotatable bonds is 4. The smallest absolute Gasteiger partial charge is 0.134 e. The molecule has 2 N–H and O–H groups in total. The van der Waals surface area contributed by atoms with Crippen molar-refractivity contribution in [3.05, 3.63) is 26.6 Å². The van der Waals surface area contributed by atoms with Crippen LogP contribution in [0.3, 0.4) is 0 Å². The maximum absolute atomic E-state index is 10.4. The lowest BCUT2D eigenvalue weighted by molar-refractivity contribution is 0.158. The Morgan fingerprint density at radius 3 is 2.60 bits per heavy atom. The van der Waals surface area contributed by atoms with E-state index in [0.717, 1.165) is 53.0 Å². The third-order valence-corrected chi connectivity index (χ3v) is 5.32. The molecule has 1 aromatic rings. The number of phenolic OH excluding ortho intramolecular Hbond substituents is 1. The lowest BCUT2D eigenvalue weighted by Crippen LogP contribution is -2.45. The van der Waals surface area contributed by atoms with Gasteiger partial charge in [0.1, 0.15) is 5.75 Å². The van der Waals surface area contributed by atoms with E-state index in [4.69, 9.17) is 0 Å². The van der Waals surface area contributed by atoms with Crippen LogP contribution in [0.1, 0.15) is 30.9 Å². The molecule has 1 heterocycles. The zero-order chi connectivity index (χ0) is 14.1. The molecule has 1 aliphatic carbocycles. The summed E-state index contributed by atoms with van der Waals surface area (Å²) in [5.41, 5.74) is 1.06. The SMILES string of the molecule is Oc1c(Br)cc(Br)cc1[C@H](CC1CC1)N1CCNCC1. The van der Waals surface area contributed by atoms with E-state index in [1.807, 2.05) is 6.07 Å². The van der Waals surface area contributed by atoms with Gasteiger partial charge in [0.15, 0.2) is 0 Å². The number of piperazine rings is 1. The molecule has 1 aromatic carbocycles. The predicted octanol–water partition coefficient (Wildman–Crippen LogP) is 3.66. The summed E-state index contributed by atoms with van der Waals surface area (Å²) in [6.45, 7) is 4.19. The molecule has 1 atom stereocenters. The second kappa shape index (κ2) is 6.34. The molecule has 0 radical (unpaired) electrons. The molecule has 0 spiro atoms. The normalized spacial score (nSPS) is 21.9. The first-order chi connectivity index (χ1) is 9.65. The first kappa shape index (κ1) is 14.8. The Morgan fingerprint density at radius 1 is 1.25 bits per heavy atom. The van der Waals surface area contributed by atoms with Crippen molar-refractivity contribution >= 4 is 31.9 Å². The minimum atomic E-state index is 0.332. The van der Waals surface area contributed by atoms with Gasteiger partial charge in [0.05, 0.1) is 4.47 Å². The van der Waals surface area contributed by atoms with Gasteiger partial charge in [-0.3, -0.25) is 4.90 Å². The maximum Gasteiger partial charge on any atom is 0.134 e. The number of nitrogens with one attached hydrogen (secondary N) is 1. The lowest BCUT2D eigenvalue weighted by atomic mass is 9.98. The molecule has 2 fully saturated rings. The molecular weight excluding hydrogens is 384 g/mol. The van der Waals surface area contributed by atoms with Crippen LogP contribution in [-0.2, 0) is 0 Å². The first-order valence-corrected chi connectivity index (χ1v) is 8.86. The molecule has 1 saturated carbocycles. The lowest BCUT2D eigenvalue weighted by Gasteiger charge is -2.36. The minimum absolute atomic E-state index is 0.332. The Kier molecular flexibility index (Phi) is 4.70. The van der Waals surface area contributed by atoms with Gasteiger partial charge in [-0.1, -0.05) is 28.8 Å². The van der Waals surface area contributed by atoms with Crippen molar-refractivity contribution in [1.82, 2.24) is 10.2 Å².